The Morgan fingerprint density at radius 1 is 0.892 bits per heavy atom. The van der Waals surface area contributed by atoms with Crippen molar-refractivity contribution in [3.63, 3.8) is 0 Å². The maximum atomic E-state index is 13.0. The Hall–Kier alpha value is -4.72. The van der Waals surface area contributed by atoms with Crippen molar-refractivity contribution in [2.24, 2.45) is 0 Å². The number of hydrogen-bond acceptors (Lipinski definition) is 7. The van der Waals surface area contributed by atoms with Gasteiger partial charge in [-0.2, -0.15) is 4.98 Å². The number of carbonyl (C=O) groups excluding carboxylic acids is 1. The molecule has 6 rings (SSSR count). The number of nitrogens with one attached hydrogen (secondary N) is 2. The normalized spacial score (nSPS) is 13.2. The number of hydrogen-bond donors (Lipinski definition) is 2. The minimum atomic E-state index is -0.208. The number of nitrogens with zero attached hydrogens (tertiary/aromatic N) is 4. The average molecular weight is 491 g/mol. The van der Waals surface area contributed by atoms with Crippen LogP contribution in [0.15, 0.2) is 83.4 Å². The maximum Gasteiger partial charge on any atom is 0.255 e. The summed E-state index contributed by atoms with van der Waals surface area (Å²) in [5.41, 5.74) is 4.59. The van der Waals surface area contributed by atoms with Crippen LogP contribution in [0.2, 0.25) is 0 Å². The molecule has 0 radical (unpaired) electrons. The van der Waals surface area contributed by atoms with Gasteiger partial charge in [-0.25, -0.2) is 4.98 Å². The SMILES string of the molecule is Cc1cc(N2CCCC2)nc(Nc2ccc(NC(=O)c3ccc4noc(-c5ccccc5)c4c3)cc2)n1. The van der Waals surface area contributed by atoms with E-state index in [2.05, 4.69) is 25.7 Å². The largest absolute Gasteiger partial charge is 0.356 e. The molecule has 37 heavy (non-hydrogen) atoms. The zero-order valence-electron chi connectivity index (χ0n) is 20.4. The molecular formula is C29H26N6O2. The van der Waals surface area contributed by atoms with Crippen molar-refractivity contribution in [1.82, 2.24) is 15.1 Å². The van der Waals surface area contributed by atoms with Crippen LogP contribution in [0.25, 0.3) is 22.2 Å². The topological polar surface area (TPSA) is 96.2 Å². The monoisotopic (exact) mass is 490 g/mol. The molecule has 2 aromatic heterocycles. The third kappa shape index (κ3) is 4.86. The highest BCUT2D eigenvalue weighted by Gasteiger charge is 2.16. The fourth-order valence-electron chi connectivity index (χ4n) is 4.57. The van der Waals surface area contributed by atoms with Crippen LogP contribution in [-0.4, -0.2) is 34.1 Å². The van der Waals surface area contributed by atoms with E-state index in [0.29, 0.717) is 28.5 Å². The van der Waals surface area contributed by atoms with Crippen molar-refractivity contribution in [3.05, 3.63) is 90.1 Å². The van der Waals surface area contributed by atoms with Gasteiger partial charge in [0.15, 0.2) is 5.76 Å². The maximum absolute atomic E-state index is 13.0. The summed E-state index contributed by atoms with van der Waals surface area (Å²) in [7, 11) is 0. The number of fused-ring (bicyclic) bond motifs is 1. The number of anilines is 4. The van der Waals surface area contributed by atoms with E-state index in [9.17, 15) is 4.79 Å². The van der Waals surface area contributed by atoms with Gasteiger partial charge in [0, 0.05) is 47.4 Å². The lowest BCUT2D eigenvalue weighted by Crippen LogP contribution is -2.19. The summed E-state index contributed by atoms with van der Waals surface area (Å²) in [6, 6.07) is 24.6. The summed E-state index contributed by atoms with van der Waals surface area (Å²) in [6.45, 7) is 4.04. The predicted octanol–water partition coefficient (Wildman–Crippen LogP) is 6.19. The lowest BCUT2D eigenvalue weighted by Gasteiger charge is -2.17. The van der Waals surface area contributed by atoms with Gasteiger partial charge in [0.2, 0.25) is 5.95 Å². The van der Waals surface area contributed by atoms with E-state index in [1.54, 1.807) is 12.1 Å². The van der Waals surface area contributed by atoms with Gasteiger partial charge in [0.25, 0.3) is 5.91 Å². The molecule has 1 aliphatic heterocycles. The average Bonchev–Trinajstić information content (AvgIpc) is 3.60. The Balaban J connectivity index is 1.16. The molecule has 5 aromatic rings. The summed E-state index contributed by atoms with van der Waals surface area (Å²) in [5.74, 6) is 1.96. The van der Waals surface area contributed by atoms with Crippen LogP contribution in [0.1, 0.15) is 28.9 Å². The van der Waals surface area contributed by atoms with Crippen molar-refractivity contribution in [2.45, 2.75) is 19.8 Å². The van der Waals surface area contributed by atoms with Gasteiger partial charge in [0.05, 0.1) is 5.39 Å². The van der Waals surface area contributed by atoms with E-state index >= 15 is 0 Å². The molecule has 1 saturated heterocycles. The zero-order valence-corrected chi connectivity index (χ0v) is 20.4. The summed E-state index contributed by atoms with van der Waals surface area (Å²) in [6.07, 6.45) is 2.39. The molecule has 0 spiro atoms. The highest BCUT2D eigenvalue weighted by atomic mass is 16.5. The number of aryl methyl sites for hydroxylation is 1. The summed E-state index contributed by atoms with van der Waals surface area (Å²) in [5, 5.41) is 11.2. The highest BCUT2D eigenvalue weighted by Crippen LogP contribution is 2.29. The molecule has 2 N–H and O–H groups in total. The number of benzene rings is 3. The Morgan fingerprint density at radius 3 is 2.43 bits per heavy atom. The molecule has 8 nitrogen and oxygen atoms in total. The Morgan fingerprint density at radius 2 is 1.65 bits per heavy atom. The molecular weight excluding hydrogens is 464 g/mol. The first-order chi connectivity index (χ1) is 18.1. The molecule has 3 aromatic carbocycles. The molecule has 1 fully saturated rings. The van der Waals surface area contributed by atoms with Gasteiger partial charge in [-0.15, -0.1) is 0 Å². The van der Waals surface area contributed by atoms with Crippen molar-refractivity contribution in [3.8, 4) is 11.3 Å². The molecule has 8 heteroatoms. The first-order valence-corrected chi connectivity index (χ1v) is 12.4. The fraction of sp³-hybridized carbons (Fsp3) is 0.172. The first kappa shape index (κ1) is 22.7. The standard InChI is InChI=1S/C29H26N6O2/c1-19-17-26(35-15-5-6-16-35)33-29(30-19)32-23-12-10-22(11-13-23)31-28(36)21-9-14-25-24(18-21)27(37-34-25)20-7-3-2-4-8-20/h2-4,7-14,17-18H,5-6,15-16H2,1H3,(H,31,36)(H,30,32,33). The Kier molecular flexibility index (Phi) is 5.98. The second kappa shape index (κ2) is 9.73. The zero-order chi connectivity index (χ0) is 25.2. The second-order valence-electron chi connectivity index (χ2n) is 9.15. The van der Waals surface area contributed by atoms with Crippen LogP contribution >= 0.6 is 0 Å². The van der Waals surface area contributed by atoms with Crippen LogP contribution in [0.4, 0.5) is 23.1 Å². The molecule has 0 atom stereocenters. The van der Waals surface area contributed by atoms with E-state index in [-0.39, 0.29) is 5.91 Å². The van der Waals surface area contributed by atoms with E-state index in [0.717, 1.165) is 41.2 Å². The molecule has 0 saturated carbocycles. The molecule has 1 amide bonds. The van der Waals surface area contributed by atoms with Crippen LogP contribution in [-0.2, 0) is 0 Å². The van der Waals surface area contributed by atoms with Crippen LogP contribution in [0.5, 0.6) is 0 Å². The summed E-state index contributed by atoms with van der Waals surface area (Å²) in [4.78, 5) is 24.5. The van der Waals surface area contributed by atoms with Gasteiger partial charge in [-0.05, 0) is 62.2 Å². The highest BCUT2D eigenvalue weighted by molar-refractivity contribution is 6.07. The minimum absolute atomic E-state index is 0.208. The van der Waals surface area contributed by atoms with Gasteiger partial charge in [0.1, 0.15) is 11.3 Å². The fourth-order valence-corrected chi connectivity index (χ4v) is 4.57. The molecule has 3 heterocycles. The number of aromatic nitrogens is 3. The third-order valence-electron chi connectivity index (χ3n) is 6.44. The van der Waals surface area contributed by atoms with Gasteiger partial charge in [-0.1, -0.05) is 35.5 Å². The molecule has 184 valence electrons. The third-order valence-corrected chi connectivity index (χ3v) is 6.44. The van der Waals surface area contributed by atoms with Crippen molar-refractivity contribution >= 4 is 40.0 Å². The number of carbonyl (C=O) groups is 1. The summed E-state index contributed by atoms with van der Waals surface area (Å²) < 4.78 is 5.56. The summed E-state index contributed by atoms with van der Waals surface area (Å²) >= 11 is 0. The molecule has 0 bridgehead atoms. The van der Waals surface area contributed by atoms with Crippen LogP contribution in [0, 0.1) is 6.92 Å². The number of amides is 1. The lowest BCUT2D eigenvalue weighted by molar-refractivity contribution is 0.102. The van der Waals surface area contributed by atoms with Gasteiger partial charge >= 0.3 is 0 Å². The van der Waals surface area contributed by atoms with Gasteiger partial charge in [-0.3, -0.25) is 4.79 Å². The van der Waals surface area contributed by atoms with E-state index in [1.807, 2.05) is 73.7 Å². The molecule has 0 aliphatic carbocycles. The number of rotatable bonds is 6. The van der Waals surface area contributed by atoms with Crippen LogP contribution < -0.4 is 15.5 Å². The minimum Gasteiger partial charge on any atom is -0.356 e. The Labute approximate surface area is 214 Å². The Bertz CT molecular complexity index is 1560. The quantitative estimate of drug-likeness (QED) is 0.293. The van der Waals surface area contributed by atoms with E-state index in [4.69, 9.17) is 9.51 Å². The second-order valence-corrected chi connectivity index (χ2v) is 9.15. The van der Waals surface area contributed by atoms with Crippen molar-refractivity contribution in [1.29, 1.82) is 0 Å². The van der Waals surface area contributed by atoms with Crippen molar-refractivity contribution < 1.29 is 9.32 Å². The van der Waals surface area contributed by atoms with Crippen LogP contribution in [0.3, 0.4) is 0 Å². The lowest BCUT2D eigenvalue weighted by atomic mass is 10.1. The first-order valence-electron chi connectivity index (χ1n) is 12.4. The van der Waals surface area contributed by atoms with E-state index in [1.165, 1.54) is 12.8 Å². The van der Waals surface area contributed by atoms with Crippen molar-refractivity contribution in [2.75, 3.05) is 28.6 Å². The predicted molar refractivity (Wildman–Crippen MR) is 145 cm³/mol. The van der Waals surface area contributed by atoms with Gasteiger partial charge < -0.3 is 20.1 Å². The smallest absolute Gasteiger partial charge is 0.255 e. The molecule has 1 aliphatic rings. The van der Waals surface area contributed by atoms with E-state index < -0.39 is 0 Å². The molecule has 0 unspecified atom stereocenters.